The highest BCUT2D eigenvalue weighted by Gasteiger charge is 2.06. The zero-order chi connectivity index (χ0) is 12.3. The Morgan fingerprint density at radius 2 is 2.06 bits per heavy atom. The number of aryl methyl sites for hydroxylation is 1. The fraction of sp³-hybridized carbons (Fsp3) is 0.333. The molecule has 2 aromatic heterocycles. The number of hydrogen-bond acceptors (Lipinski definition) is 5. The quantitative estimate of drug-likeness (QED) is 0.867. The van der Waals surface area contributed by atoms with Crippen molar-refractivity contribution in [2.45, 2.75) is 20.1 Å². The topological polar surface area (TPSA) is 62.4 Å². The molecule has 0 fully saturated rings. The van der Waals surface area contributed by atoms with Gasteiger partial charge in [-0.1, -0.05) is 0 Å². The van der Waals surface area contributed by atoms with E-state index >= 15 is 0 Å². The van der Waals surface area contributed by atoms with Gasteiger partial charge in [0.1, 0.15) is 11.5 Å². The van der Waals surface area contributed by atoms with Gasteiger partial charge in [0.15, 0.2) is 5.82 Å². The van der Waals surface area contributed by atoms with E-state index in [4.69, 9.17) is 9.52 Å². The van der Waals surface area contributed by atoms with E-state index < -0.39 is 0 Å². The summed E-state index contributed by atoms with van der Waals surface area (Å²) in [5.74, 6) is 2.53. The van der Waals surface area contributed by atoms with Gasteiger partial charge in [-0.3, -0.25) is 0 Å². The molecule has 2 heterocycles. The zero-order valence-electron chi connectivity index (χ0n) is 9.92. The average molecular weight is 233 g/mol. The molecule has 90 valence electrons. The summed E-state index contributed by atoms with van der Waals surface area (Å²) in [5.41, 5.74) is 0.566. The predicted molar refractivity (Wildman–Crippen MR) is 63.5 cm³/mol. The summed E-state index contributed by atoms with van der Waals surface area (Å²) >= 11 is 0. The van der Waals surface area contributed by atoms with E-state index in [-0.39, 0.29) is 6.61 Å². The molecule has 0 atom stereocenters. The summed E-state index contributed by atoms with van der Waals surface area (Å²) in [5, 5.41) is 16.8. The molecule has 2 rings (SSSR count). The maximum atomic E-state index is 8.87. The highest BCUT2D eigenvalue weighted by molar-refractivity contribution is 5.36. The Morgan fingerprint density at radius 1 is 1.24 bits per heavy atom. The van der Waals surface area contributed by atoms with Crippen molar-refractivity contribution in [1.29, 1.82) is 0 Å². The Bertz CT molecular complexity index is 479. The van der Waals surface area contributed by atoms with Crippen molar-refractivity contribution in [3.63, 3.8) is 0 Å². The number of nitrogens with zero attached hydrogens (tertiary/aromatic N) is 3. The van der Waals surface area contributed by atoms with Crippen LogP contribution in [-0.4, -0.2) is 22.4 Å². The van der Waals surface area contributed by atoms with Gasteiger partial charge in [-0.2, -0.15) is 5.10 Å². The van der Waals surface area contributed by atoms with E-state index in [0.717, 1.165) is 17.3 Å². The highest BCUT2D eigenvalue weighted by atomic mass is 16.3. The van der Waals surface area contributed by atoms with E-state index in [9.17, 15) is 0 Å². The van der Waals surface area contributed by atoms with Gasteiger partial charge < -0.3 is 14.4 Å². The highest BCUT2D eigenvalue weighted by Crippen LogP contribution is 2.13. The Labute approximate surface area is 99.7 Å². The number of furan rings is 1. The first-order valence-corrected chi connectivity index (χ1v) is 5.39. The van der Waals surface area contributed by atoms with E-state index in [1.165, 1.54) is 0 Å². The van der Waals surface area contributed by atoms with Crippen LogP contribution in [0.3, 0.4) is 0 Å². The van der Waals surface area contributed by atoms with Gasteiger partial charge in [-0.25, -0.2) is 0 Å². The fourth-order valence-electron chi connectivity index (χ4n) is 1.53. The second-order valence-corrected chi connectivity index (χ2v) is 3.91. The molecule has 0 aliphatic rings. The first kappa shape index (κ1) is 11.6. The molecule has 0 aliphatic carbocycles. The Balaban J connectivity index is 2.06. The van der Waals surface area contributed by atoms with Crippen LogP contribution in [0.25, 0.3) is 0 Å². The lowest BCUT2D eigenvalue weighted by Crippen LogP contribution is -2.17. The van der Waals surface area contributed by atoms with Crippen LogP contribution in [0.5, 0.6) is 0 Å². The van der Waals surface area contributed by atoms with E-state index in [2.05, 4.69) is 10.2 Å². The molecule has 0 radical (unpaired) electrons. The minimum atomic E-state index is -0.0889. The van der Waals surface area contributed by atoms with Gasteiger partial charge in [0.25, 0.3) is 0 Å². The first-order chi connectivity index (χ1) is 8.19. The van der Waals surface area contributed by atoms with Crippen LogP contribution in [0.2, 0.25) is 0 Å². The van der Waals surface area contributed by atoms with Crippen LogP contribution < -0.4 is 4.90 Å². The molecule has 0 aliphatic heterocycles. The third-order valence-corrected chi connectivity index (χ3v) is 2.45. The van der Waals surface area contributed by atoms with Gasteiger partial charge in [-0.15, -0.1) is 5.10 Å². The molecule has 0 bridgehead atoms. The summed E-state index contributed by atoms with van der Waals surface area (Å²) in [6, 6.07) is 7.46. The minimum Gasteiger partial charge on any atom is -0.464 e. The van der Waals surface area contributed by atoms with Crippen LogP contribution in [0, 0.1) is 6.92 Å². The normalized spacial score (nSPS) is 10.5. The average Bonchev–Trinajstić information content (AvgIpc) is 2.75. The van der Waals surface area contributed by atoms with Crippen molar-refractivity contribution >= 4 is 5.82 Å². The lowest BCUT2D eigenvalue weighted by atomic mass is 10.3. The second kappa shape index (κ2) is 4.97. The van der Waals surface area contributed by atoms with E-state index in [0.29, 0.717) is 12.2 Å². The number of aliphatic hydroxyl groups excluding tert-OH is 1. The van der Waals surface area contributed by atoms with Crippen LogP contribution in [-0.2, 0) is 13.2 Å². The van der Waals surface area contributed by atoms with Crippen LogP contribution in [0.4, 0.5) is 5.82 Å². The van der Waals surface area contributed by atoms with E-state index in [1.807, 2.05) is 37.1 Å². The van der Waals surface area contributed by atoms with Crippen molar-refractivity contribution in [2.75, 3.05) is 11.9 Å². The molecular formula is C12H15N3O2. The molecular weight excluding hydrogens is 218 g/mol. The standard InChI is InChI=1S/C12H15N3O2/c1-9-3-5-11(17-9)7-15(2)12-6-4-10(8-16)13-14-12/h3-6,16H,7-8H2,1-2H3. The Morgan fingerprint density at radius 3 is 2.59 bits per heavy atom. The molecule has 0 spiro atoms. The number of anilines is 1. The van der Waals surface area contributed by atoms with Crippen molar-refractivity contribution < 1.29 is 9.52 Å². The monoisotopic (exact) mass is 233 g/mol. The molecule has 1 N–H and O–H groups in total. The molecule has 2 aromatic rings. The molecule has 0 amide bonds. The third kappa shape index (κ3) is 2.82. The first-order valence-electron chi connectivity index (χ1n) is 5.39. The lowest BCUT2D eigenvalue weighted by molar-refractivity contribution is 0.275. The number of hydrogen-bond donors (Lipinski definition) is 1. The predicted octanol–water partition coefficient (Wildman–Crippen LogP) is 1.51. The summed E-state index contributed by atoms with van der Waals surface area (Å²) in [4.78, 5) is 1.94. The summed E-state index contributed by atoms with van der Waals surface area (Å²) < 4.78 is 5.49. The third-order valence-electron chi connectivity index (χ3n) is 2.45. The molecule has 0 saturated carbocycles. The molecule has 0 aromatic carbocycles. The lowest BCUT2D eigenvalue weighted by Gasteiger charge is -2.15. The number of aliphatic hydroxyl groups is 1. The molecule has 0 unspecified atom stereocenters. The maximum absolute atomic E-state index is 8.87. The van der Waals surface area contributed by atoms with Crippen molar-refractivity contribution in [3.8, 4) is 0 Å². The van der Waals surface area contributed by atoms with Crippen LogP contribution in [0.15, 0.2) is 28.7 Å². The second-order valence-electron chi connectivity index (χ2n) is 3.91. The Kier molecular flexibility index (Phi) is 3.39. The van der Waals surface area contributed by atoms with Gasteiger partial charge in [-0.05, 0) is 31.2 Å². The minimum absolute atomic E-state index is 0.0889. The van der Waals surface area contributed by atoms with E-state index in [1.54, 1.807) is 6.07 Å². The van der Waals surface area contributed by atoms with Crippen LogP contribution >= 0.6 is 0 Å². The number of aromatic nitrogens is 2. The van der Waals surface area contributed by atoms with Gasteiger partial charge >= 0.3 is 0 Å². The van der Waals surface area contributed by atoms with Crippen molar-refractivity contribution in [2.24, 2.45) is 0 Å². The Hall–Kier alpha value is -1.88. The fourth-order valence-corrected chi connectivity index (χ4v) is 1.53. The van der Waals surface area contributed by atoms with Gasteiger partial charge in [0, 0.05) is 7.05 Å². The molecule has 5 nitrogen and oxygen atoms in total. The number of rotatable bonds is 4. The summed E-state index contributed by atoms with van der Waals surface area (Å²) in [7, 11) is 1.92. The molecule has 5 heteroatoms. The van der Waals surface area contributed by atoms with Crippen molar-refractivity contribution in [1.82, 2.24) is 10.2 Å². The van der Waals surface area contributed by atoms with Crippen LogP contribution in [0.1, 0.15) is 17.2 Å². The zero-order valence-corrected chi connectivity index (χ0v) is 9.92. The van der Waals surface area contributed by atoms with Crippen molar-refractivity contribution in [3.05, 3.63) is 41.5 Å². The summed E-state index contributed by atoms with van der Waals surface area (Å²) in [6.45, 7) is 2.47. The largest absolute Gasteiger partial charge is 0.464 e. The molecule has 0 saturated heterocycles. The SMILES string of the molecule is Cc1ccc(CN(C)c2ccc(CO)nn2)o1. The maximum Gasteiger partial charge on any atom is 0.151 e. The summed E-state index contributed by atoms with van der Waals surface area (Å²) in [6.07, 6.45) is 0. The van der Waals surface area contributed by atoms with Gasteiger partial charge in [0.2, 0.25) is 0 Å². The van der Waals surface area contributed by atoms with Gasteiger partial charge in [0.05, 0.1) is 18.8 Å². The molecule has 17 heavy (non-hydrogen) atoms. The smallest absolute Gasteiger partial charge is 0.151 e.